The van der Waals surface area contributed by atoms with Crippen molar-refractivity contribution in [3.63, 3.8) is 0 Å². The average Bonchev–Trinajstić information content (AvgIpc) is 2.83. The van der Waals surface area contributed by atoms with Crippen LogP contribution in [-0.4, -0.2) is 49.6 Å². The maximum Gasteiger partial charge on any atom is 0.257 e. The lowest BCUT2D eigenvalue weighted by molar-refractivity contribution is 0.0694. The normalized spacial score (nSPS) is 14.2. The molecule has 1 heterocycles. The summed E-state index contributed by atoms with van der Waals surface area (Å²) in [6.07, 6.45) is 1.40. The number of hydrogen-bond donors (Lipinski definition) is 1. The zero-order chi connectivity index (χ0) is 22.5. The number of amides is 2. The van der Waals surface area contributed by atoms with Gasteiger partial charge in [0.25, 0.3) is 11.8 Å². The Morgan fingerprint density at radius 1 is 0.938 bits per heavy atom. The molecular formula is C26H28N2O4. The Bertz CT molecular complexity index is 1120. The molecule has 0 aromatic heterocycles. The molecule has 0 saturated carbocycles. The third-order valence-corrected chi connectivity index (χ3v) is 5.85. The topological polar surface area (TPSA) is 67.9 Å². The Labute approximate surface area is 188 Å². The SMILES string of the molecule is CCOc1ccccc1C(=O)N1CCC(NC(=O)c2cc3ccccc3cc2OC)CC1. The highest BCUT2D eigenvalue weighted by atomic mass is 16.5. The average molecular weight is 433 g/mol. The summed E-state index contributed by atoms with van der Waals surface area (Å²) in [6, 6.07) is 19.0. The minimum absolute atomic E-state index is 0.00450. The monoisotopic (exact) mass is 432 g/mol. The molecule has 0 unspecified atom stereocenters. The molecule has 32 heavy (non-hydrogen) atoms. The third-order valence-electron chi connectivity index (χ3n) is 5.85. The predicted molar refractivity (Wildman–Crippen MR) is 125 cm³/mol. The summed E-state index contributed by atoms with van der Waals surface area (Å²) in [6.45, 7) is 3.58. The number of nitrogens with one attached hydrogen (secondary N) is 1. The Balaban J connectivity index is 1.41. The van der Waals surface area contributed by atoms with Crippen LogP contribution < -0.4 is 14.8 Å². The summed E-state index contributed by atoms with van der Waals surface area (Å²) >= 11 is 0. The van der Waals surface area contributed by atoms with Crippen molar-refractivity contribution in [2.75, 3.05) is 26.8 Å². The third kappa shape index (κ3) is 4.54. The summed E-state index contributed by atoms with van der Waals surface area (Å²) in [5.74, 6) is 0.981. The molecule has 4 rings (SSSR count). The Kier molecular flexibility index (Phi) is 6.59. The second kappa shape index (κ2) is 9.73. The number of carbonyl (C=O) groups excluding carboxylic acids is 2. The van der Waals surface area contributed by atoms with E-state index in [0.717, 1.165) is 10.8 Å². The van der Waals surface area contributed by atoms with Crippen molar-refractivity contribution in [3.05, 3.63) is 71.8 Å². The molecule has 6 heteroatoms. The van der Waals surface area contributed by atoms with Crippen molar-refractivity contribution in [2.45, 2.75) is 25.8 Å². The fourth-order valence-electron chi connectivity index (χ4n) is 4.15. The van der Waals surface area contributed by atoms with Crippen LogP contribution in [0.1, 0.15) is 40.5 Å². The second-order valence-electron chi connectivity index (χ2n) is 7.87. The van der Waals surface area contributed by atoms with E-state index in [1.54, 1.807) is 13.2 Å². The first-order valence-electron chi connectivity index (χ1n) is 11.0. The number of nitrogens with zero attached hydrogens (tertiary/aromatic N) is 1. The molecule has 1 N–H and O–H groups in total. The van der Waals surface area contributed by atoms with Gasteiger partial charge in [0.1, 0.15) is 11.5 Å². The molecule has 0 atom stereocenters. The quantitative estimate of drug-likeness (QED) is 0.631. The van der Waals surface area contributed by atoms with E-state index in [2.05, 4.69) is 5.32 Å². The van der Waals surface area contributed by atoms with Crippen LogP contribution in [0.2, 0.25) is 0 Å². The van der Waals surface area contributed by atoms with Gasteiger partial charge in [0.05, 0.1) is 24.8 Å². The van der Waals surface area contributed by atoms with E-state index in [9.17, 15) is 9.59 Å². The highest BCUT2D eigenvalue weighted by molar-refractivity contribution is 6.02. The van der Waals surface area contributed by atoms with Crippen LogP contribution in [0.3, 0.4) is 0 Å². The van der Waals surface area contributed by atoms with Crippen LogP contribution in [-0.2, 0) is 0 Å². The first kappa shape index (κ1) is 21.7. The lowest BCUT2D eigenvalue weighted by atomic mass is 10.0. The van der Waals surface area contributed by atoms with E-state index in [1.807, 2.05) is 66.4 Å². The van der Waals surface area contributed by atoms with Crippen molar-refractivity contribution in [3.8, 4) is 11.5 Å². The number of carbonyl (C=O) groups is 2. The minimum Gasteiger partial charge on any atom is -0.496 e. The van der Waals surface area contributed by atoms with Gasteiger partial charge in [-0.3, -0.25) is 9.59 Å². The number of ether oxygens (including phenoxy) is 2. The molecule has 6 nitrogen and oxygen atoms in total. The predicted octanol–water partition coefficient (Wildman–Crippen LogP) is 4.28. The van der Waals surface area contributed by atoms with Gasteiger partial charge in [-0.25, -0.2) is 0 Å². The molecule has 3 aromatic rings. The van der Waals surface area contributed by atoms with Crippen LogP contribution in [0.25, 0.3) is 10.8 Å². The van der Waals surface area contributed by atoms with Gasteiger partial charge in [-0.1, -0.05) is 36.4 Å². The summed E-state index contributed by atoms with van der Waals surface area (Å²) in [7, 11) is 1.57. The number of likely N-dealkylation sites (tertiary alicyclic amines) is 1. The van der Waals surface area contributed by atoms with E-state index < -0.39 is 0 Å². The molecule has 0 bridgehead atoms. The maximum absolute atomic E-state index is 13.0. The van der Waals surface area contributed by atoms with Crippen LogP contribution in [0.15, 0.2) is 60.7 Å². The van der Waals surface area contributed by atoms with Crippen molar-refractivity contribution in [1.82, 2.24) is 10.2 Å². The fraction of sp³-hybridized carbons (Fsp3) is 0.308. The summed E-state index contributed by atoms with van der Waals surface area (Å²) < 4.78 is 11.1. The Morgan fingerprint density at radius 3 is 2.28 bits per heavy atom. The van der Waals surface area contributed by atoms with Crippen molar-refractivity contribution in [2.24, 2.45) is 0 Å². The number of methoxy groups -OCH3 is 1. The Morgan fingerprint density at radius 2 is 1.59 bits per heavy atom. The zero-order valence-corrected chi connectivity index (χ0v) is 18.5. The molecule has 1 aliphatic rings. The molecule has 0 aliphatic carbocycles. The fourth-order valence-corrected chi connectivity index (χ4v) is 4.15. The van der Waals surface area contributed by atoms with Gasteiger partial charge < -0.3 is 19.7 Å². The second-order valence-corrected chi connectivity index (χ2v) is 7.87. The highest BCUT2D eigenvalue weighted by Gasteiger charge is 2.27. The van der Waals surface area contributed by atoms with Gasteiger partial charge in [0.2, 0.25) is 0 Å². The first-order valence-corrected chi connectivity index (χ1v) is 11.0. The van der Waals surface area contributed by atoms with E-state index >= 15 is 0 Å². The zero-order valence-electron chi connectivity index (χ0n) is 18.5. The van der Waals surface area contributed by atoms with Crippen LogP contribution in [0.4, 0.5) is 0 Å². The van der Waals surface area contributed by atoms with Gasteiger partial charge in [-0.05, 0) is 54.8 Å². The lowest BCUT2D eigenvalue weighted by Gasteiger charge is -2.32. The number of fused-ring (bicyclic) bond motifs is 1. The molecule has 0 spiro atoms. The van der Waals surface area contributed by atoms with E-state index in [1.165, 1.54) is 0 Å². The van der Waals surface area contributed by atoms with Crippen molar-refractivity contribution in [1.29, 1.82) is 0 Å². The molecule has 1 aliphatic heterocycles. The number of hydrogen-bond acceptors (Lipinski definition) is 4. The molecule has 1 fully saturated rings. The molecular weight excluding hydrogens is 404 g/mol. The lowest BCUT2D eigenvalue weighted by Crippen LogP contribution is -2.46. The smallest absolute Gasteiger partial charge is 0.257 e. The van der Waals surface area contributed by atoms with Gasteiger partial charge >= 0.3 is 0 Å². The Hall–Kier alpha value is -3.54. The first-order chi connectivity index (χ1) is 15.6. The van der Waals surface area contributed by atoms with Gasteiger partial charge in [0.15, 0.2) is 0 Å². The van der Waals surface area contributed by atoms with Gasteiger partial charge in [-0.15, -0.1) is 0 Å². The number of benzene rings is 3. The van der Waals surface area contributed by atoms with Crippen LogP contribution in [0.5, 0.6) is 11.5 Å². The standard InChI is InChI=1S/C26H28N2O4/c1-3-32-23-11-7-6-10-21(23)26(30)28-14-12-20(13-15-28)27-25(29)22-16-18-8-4-5-9-19(18)17-24(22)31-2/h4-11,16-17,20H,3,12-15H2,1-2H3,(H,27,29). The maximum atomic E-state index is 13.0. The summed E-state index contributed by atoms with van der Waals surface area (Å²) in [5.41, 5.74) is 1.10. The van der Waals surface area contributed by atoms with E-state index in [0.29, 0.717) is 55.2 Å². The molecule has 1 saturated heterocycles. The highest BCUT2D eigenvalue weighted by Crippen LogP contribution is 2.27. The minimum atomic E-state index is -0.154. The molecule has 166 valence electrons. The number of rotatable bonds is 6. The number of piperidine rings is 1. The van der Waals surface area contributed by atoms with E-state index in [-0.39, 0.29) is 17.9 Å². The van der Waals surface area contributed by atoms with Crippen molar-refractivity contribution < 1.29 is 19.1 Å². The largest absolute Gasteiger partial charge is 0.496 e. The van der Waals surface area contributed by atoms with Crippen LogP contribution >= 0.6 is 0 Å². The van der Waals surface area contributed by atoms with Gasteiger partial charge in [-0.2, -0.15) is 0 Å². The van der Waals surface area contributed by atoms with Crippen LogP contribution in [0, 0.1) is 0 Å². The van der Waals surface area contributed by atoms with Gasteiger partial charge in [0, 0.05) is 19.1 Å². The van der Waals surface area contributed by atoms with E-state index in [4.69, 9.17) is 9.47 Å². The molecule has 0 radical (unpaired) electrons. The molecule has 3 aromatic carbocycles. The van der Waals surface area contributed by atoms with Crippen molar-refractivity contribution >= 4 is 22.6 Å². The molecule has 2 amide bonds. The summed E-state index contributed by atoms with van der Waals surface area (Å²) in [4.78, 5) is 27.8. The summed E-state index contributed by atoms with van der Waals surface area (Å²) in [5, 5.41) is 5.14. The number of para-hydroxylation sites is 1.